The molecule has 0 unspecified atom stereocenters. The molecule has 0 spiro atoms. The van der Waals surface area contributed by atoms with Gasteiger partial charge in [0.2, 0.25) is 5.95 Å². The number of nitrogens with zero attached hydrogens (tertiary/aromatic N) is 4. The van der Waals surface area contributed by atoms with Crippen LogP contribution in [-0.4, -0.2) is 56.8 Å². The molecule has 2 aromatic heterocycles. The zero-order valence-corrected chi connectivity index (χ0v) is 20.0. The summed E-state index contributed by atoms with van der Waals surface area (Å²) >= 11 is 6.47. The molecule has 1 amide bonds. The maximum atomic E-state index is 12.6. The molecule has 4 rings (SSSR count). The van der Waals surface area contributed by atoms with Gasteiger partial charge in [-0.1, -0.05) is 11.6 Å². The van der Waals surface area contributed by atoms with E-state index < -0.39 is 24.7 Å². The van der Waals surface area contributed by atoms with Crippen LogP contribution in [-0.2, 0) is 11.8 Å². The first kappa shape index (κ1) is 25.1. The number of fused-ring (bicyclic) bond motifs is 1. The van der Waals surface area contributed by atoms with Crippen molar-refractivity contribution in [1.82, 2.24) is 30.3 Å². The quantitative estimate of drug-likeness (QED) is 0.316. The van der Waals surface area contributed by atoms with Crippen LogP contribution in [0.25, 0.3) is 22.3 Å². The summed E-state index contributed by atoms with van der Waals surface area (Å²) < 4.78 is 50.1. The van der Waals surface area contributed by atoms with Crippen molar-refractivity contribution in [2.75, 3.05) is 19.0 Å². The number of ether oxygens (including phenoxy) is 2. The van der Waals surface area contributed by atoms with Crippen LogP contribution in [0.4, 0.5) is 24.8 Å². The van der Waals surface area contributed by atoms with Gasteiger partial charge in [-0.25, -0.2) is 4.68 Å². The minimum Gasteiger partial charge on any atom is -0.493 e. The summed E-state index contributed by atoms with van der Waals surface area (Å²) in [7, 11) is 3.10. The van der Waals surface area contributed by atoms with E-state index in [0.29, 0.717) is 28.0 Å². The van der Waals surface area contributed by atoms with Gasteiger partial charge in [-0.05, 0) is 37.3 Å². The lowest BCUT2D eigenvalue weighted by molar-refractivity contribution is -0.158. The summed E-state index contributed by atoms with van der Waals surface area (Å²) in [5.74, 6) is 0.289. The Morgan fingerprint density at radius 3 is 2.75 bits per heavy atom. The molecule has 1 atom stereocenters. The number of benzene rings is 2. The van der Waals surface area contributed by atoms with E-state index in [1.165, 1.54) is 17.9 Å². The topological polar surface area (TPSA) is 119 Å². The summed E-state index contributed by atoms with van der Waals surface area (Å²) in [5, 5.41) is 17.4. The standard InChI is InChI=1S/C22H21ClF3N7O3/c1-11(22(24,25)26)28-18(34)10-36-16-7-4-12(8-17(16)35-3)20-30-21(33(2)32-20)29-15-6-5-14-13(19(15)23)9-27-31-14/h4-9,11H,10H2,1-3H3,(H,27,31)(H,28,34)(H,29,30,32)/t11-/m0/s1. The van der Waals surface area contributed by atoms with Crippen LogP contribution in [0.1, 0.15) is 6.92 Å². The van der Waals surface area contributed by atoms with Crippen LogP contribution >= 0.6 is 11.6 Å². The van der Waals surface area contributed by atoms with Gasteiger partial charge in [-0.3, -0.25) is 9.89 Å². The van der Waals surface area contributed by atoms with Gasteiger partial charge in [-0.15, -0.1) is 5.10 Å². The van der Waals surface area contributed by atoms with E-state index in [9.17, 15) is 18.0 Å². The molecule has 0 saturated carbocycles. The van der Waals surface area contributed by atoms with Gasteiger partial charge in [0.25, 0.3) is 5.91 Å². The van der Waals surface area contributed by atoms with E-state index in [4.69, 9.17) is 21.1 Å². The Morgan fingerprint density at radius 1 is 1.25 bits per heavy atom. The lowest BCUT2D eigenvalue weighted by atomic mass is 10.2. The number of methoxy groups -OCH3 is 1. The van der Waals surface area contributed by atoms with Crippen molar-refractivity contribution in [3.05, 3.63) is 41.6 Å². The van der Waals surface area contributed by atoms with E-state index in [-0.39, 0.29) is 11.5 Å². The van der Waals surface area contributed by atoms with Crippen molar-refractivity contribution < 1.29 is 27.4 Å². The Balaban J connectivity index is 1.48. The van der Waals surface area contributed by atoms with E-state index >= 15 is 0 Å². The number of aromatic amines is 1. The van der Waals surface area contributed by atoms with Crippen LogP contribution in [0.3, 0.4) is 0 Å². The molecule has 4 aromatic rings. The predicted molar refractivity (Wildman–Crippen MR) is 127 cm³/mol. The van der Waals surface area contributed by atoms with Gasteiger partial charge < -0.3 is 20.1 Å². The number of halogens is 4. The monoisotopic (exact) mass is 523 g/mol. The summed E-state index contributed by atoms with van der Waals surface area (Å²) in [4.78, 5) is 16.3. The number of rotatable bonds is 8. The highest BCUT2D eigenvalue weighted by Crippen LogP contribution is 2.34. The van der Waals surface area contributed by atoms with Crippen LogP contribution in [0.5, 0.6) is 11.5 Å². The number of aromatic nitrogens is 5. The number of hydrogen-bond donors (Lipinski definition) is 3. The van der Waals surface area contributed by atoms with E-state index in [1.54, 1.807) is 31.4 Å². The molecule has 0 aliphatic rings. The van der Waals surface area contributed by atoms with Crippen molar-refractivity contribution in [3.8, 4) is 22.9 Å². The molecular formula is C22H21ClF3N7O3. The Labute approximate surface area is 207 Å². The minimum atomic E-state index is -4.55. The second-order valence-electron chi connectivity index (χ2n) is 7.75. The van der Waals surface area contributed by atoms with Crippen LogP contribution in [0.2, 0.25) is 5.02 Å². The maximum absolute atomic E-state index is 12.6. The fourth-order valence-electron chi connectivity index (χ4n) is 3.25. The van der Waals surface area contributed by atoms with Crippen molar-refractivity contribution in [2.45, 2.75) is 19.1 Å². The second kappa shape index (κ2) is 9.93. The number of hydrogen-bond acceptors (Lipinski definition) is 7. The summed E-state index contributed by atoms with van der Waals surface area (Å²) in [6.45, 7) is 0.230. The van der Waals surface area contributed by atoms with Gasteiger partial charge in [0.15, 0.2) is 23.9 Å². The normalized spacial score (nSPS) is 12.4. The number of carbonyl (C=O) groups is 1. The molecule has 0 aliphatic heterocycles. The smallest absolute Gasteiger partial charge is 0.408 e. The fraction of sp³-hybridized carbons (Fsp3) is 0.273. The average molecular weight is 524 g/mol. The molecule has 0 saturated heterocycles. The Bertz CT molecular complexity index is 1400. The van der Waals surface area contributed by atoms with Crippen molar-refractivity contribution >= 4 is 40.0 Å². The lowest BCUT2D eigenvalue weighted by Gasteiger charge is -2.17. The first-order valence-electron chi connectivity index (χ1n) is 10.5. The predicted octanol–water partition coefficient (Wildman–Crippen LogP) is 4.21. The first-order valence-corrected chi connectivity index (χ1v) is 10.9. The molecule has 190 valence electrons. The third kappa shape index (κ3) is 5.30. The zero-order valence-electron chi connectivity index (χ0n) is 19.3. The summed E-state index contributed by atoms with van der Waals surface area (Å²) in [6, 6.07) is 6.38. The third-order valence-electron chi connectivity index (χ3n) is 5.22. The number of H-pyrrole nitrogens is 1. The number of anilines is 2. The molecule has 3 N–H and O–H groups in total. The highest BCUT2D eigenvalue weighted by molar-refractivity contribution is 6.38. The number of carbonyl (C=O) groups excluding carboxylic acids is 1. The van der Waals surface area contributed by atoms with E-state index in [0.717, 1.165) is 17.8 Å². The fourth-order valence-corrected chi connectivity index (χ4v) is 3.51. The van der Waals surface area contributed by atoms with E-state index in [2.05, 4.69) is 25.6 Å². The zero-order chi connectivity index (χ0) is 26.0. The van der Waals surface area contributed by atoms with Gasteiger partial charge in [0.1, 0.15) is 6.04 Å². The highest BCUT2D eigenvalue weighted by Gasteiger charge is 2.37. The van der Waals surface area contributed by atoms with Crippen LogP contribution in [0, 0.1) is 0 Å². The average Bonchev–Trinajstić information content (AvgIpc) is 3.46. The number of amides is 1. The molecule has 2 aromatic carbocycles. The molecule has 0 fully saturated rings. The number of nitrogens with one attached hydrogen (secondary N) is 3. The Morgan fingerprint density at radius 2 is 2.03 bits per heavy atom. The summed E-state index contributed by atoms with van der Waals surface area (Å²) in [6.07, 6.45) is -2.92. The van der Waals surface area contributed by atoms with Gasteiger partial charge >= 0.3 is 6.18 Å². The molecular weight excluding hydrogens is 503 g/mol. The molecule has 10 nitrogen and oxygen atoms in total. The second-order valence-corrected chi connectivity index (χ2v) is 8.13. The molecule has 14 heteroatoms. The first-order chi connectivity index (χ1) is 17.1. The maximum Gasteiger partial charge on any atom is 0.408 e. The molecule has 0 aliphatic carbocycles. The Kier molecular flexibility index (Phi) is 6.93. The molecule has 36 heavy (non-hydrogen) atoms. The Hall–Kier alpha value is -4.00. The van der Waals surface area contributed by atoms with Crippen LogP contribution in [0.15, 0.2) is 36.5 Å². The lowest BCUT2D eigenvalue weighted by Crippen LogP contribution is -2.44. The van der Waals surface area contributed by atoms with E-state index in [1.807, 2.05) is 11.4 Å². The molecule has 2 heterocycles. The van der Waals surface area contributed by atoms with Crippen LogP contribution < -0.4 is 20.1 Å². The number of aryl methyl sites for hydroxylation is 1. The third-order valence-corrected chi connectivity index (χ3v) is 5.62. The molecule has 0 bridgehead atoms. The van der Waals surface area contributed by atoms with Gasteiger partial charge in [0, 0.05) is 18.0 Å². The minimum absolute atomic E-state index is 0.172. The highest BCUT2D eigenvalue weighted by atomic mass is 35.5. The number of alkyl halides is 3. The van der Waals surface area contributed by atoms with Crippen molar-refractivity contribution in [2.24, 2.45) is 7.05 Å². The SMILES string of the molecule is COc1cc(-c2nc(Nc3ccc4[nH]ncc4c3Cl)n(C)n2)ccc1OCC(=O)N[C@@H](C)C(F)(F)F. The van der Waals surface area contributed by atoms with Gasteiger partial charge in [0.05, 0.1) is 29.5 Å². The van der Waals surface area contributed by atoms with Crippen molar-refractivity contribution in [3.63, 3.8) is 0 Å². The molecule has 0 radical (unpaired) electrons. The largest absolute Gasteiger partial charge is 0.493 e. The van der Waals surface area contributed by atoms with Crippen molar-refractivity contribution in [1.29, 1.82) is 0 Å². The summed E-state index contributed by atoms with van der Waals surface area (Å²) in [5.41, 5.74) is 1.99. The van der Waals surface area contributed by atoms with Gasteiger partial charge in [-0.2, -0.15) is 23.3 Å².